The van der Waals surface area contributed by atoms with Gasteiger partial charge >= 0.3 is 5.97 Å². The van der Waals surface area contributed by atoms with Crippen LogP contribution >= 0.6 is 0 Å². The number of rotatable bonds is 6. The number of para-hydroxylation sites is 2. The van der Waals surface area contributed by atoms with E-state index in [2.05, 4.69) is 12.2 Å². The van der Waals surface area contributed by atoms with Crippen molar-refractivity contribution >= 4 is 35.1 Å². The molecule has 1 heterocycles. The maximum Gasteiger partial charge on any atom is 0.338 e. The number of carbonyl (C=O) groups is 4. The van der Waals surface area contributed by atoms with Gasteiger partial charge in [0.1, 0.15) is 5.75 Å². The van der Waals surface area contributed by atoms with E-state index < -0.39 is 18.5 Å². The van der Waals surface area contributed by atoms with Crippen LogP contribution < -0.4 is 15.0 Å². The van der Waals surface area contributed by atoms with E-state index in [0.717, 1.165) is 19.3 Å². The van der Waals surface area contributed by atoms with Crippen LogP contribution in [0.2, 0.25) is 0 Å². The predicted octanol–water partition coefficient (Wildman–Crippen LogP) is 3.42. The summed E-state index contributed by atoms with van der Waals surface area (Å²) in [6, 6.07) is 13.0. The molecule has 0 spiro atoms. The molecule has 8 heteroatoms. The van der Waals surface area contributed by atoms with Gasteiger partial charge in [0.15, 0.2) is 6.61 Å². The summed E-state index contributed by atoms with van der Waals surface area (Å²) in [5.74, 6) is -1.10. The third kappa shape index (κ3) is 4.60. The second-order valence-corrected chi connectivity index (χ2v) is 8.51. The molecular formula is C25H26N2O6. The number of hydrogen-bond donors (Lipinski definition) is 1. The number of anilines is 2. The highest BCUT2D eigenvalue weighted by atomic mass is 16.5. The first-order valence-electron chi connectivity index (χ1n) is 11.0. The second-order valence-electron chi connectivity index (χ2n) is 8.51. The lowest BCUT2D eigenvalue weighted by Crippen LogP contribution is -2.30. The van der Waals surface area contributed by atoms with Gasteiger partial charge in [-0.2, -0.15) is 0 Å². The Morgan fingerprint density at radius 3 is 2.42 bits per heavy atom. The van der Waals surface area contributed by atoms with Crippen LogP contribution in [0.4, 0.5) is 11.4 Å². The number of methoxy groups -OCH3 is 1. The minimum atomic E-state index is -0.682. The number of nitrogens with one attached hydrogen (secondary N) is 1. The van der Waals surface area contributed by atoms with Crippen LogP contribution in [0.15, 0.2) is 48.5 Å². The van der Waals surface area contributed by atoms with Crippen molar-refractivity contribution in [3.05, 3.63) is 54.1 Å². The molecule has 172 valence electrons. The summed E-state index contributed by atoms with van der Waals surface area (Å²) in [6.45, 7) is 1.64. The lowest BCUT2D eigenvalue weighted by atomic mass is 9.76. The molecule has 0 bridgehead atoms. The van der Waals surface area contributed by atoms with E-state index in [1.54, 1.807) is 36.4 Å². The summed E-state index contributed by atoms with van der Waals surface area (Å²) in [6.07, 6.45) is 2.41. The number of esters is 1. The quantitative estimate of drug-likeness (QED) is 0.535. The fraction of sp³-hybridized carbons (Fsp3) is 0.360. The summed E-state index contributed by atoms with van der Waals surface area (Å²) in [5.41, 5.74) is 1.13. The van der Waals surface area contributed by atoms with Gasteiger partial charge in [0, 0.05) is 0 Å². The fourth-order valence-electron chi connectivity index (χ4n) is 4.54. The largest absolute Gasteiger partial charge is 0.495 e. The van der Waals surface area contributed by atoms with Gasteiger partial charge < -0.3 is 14.8 Å². The molecule has 1 aliphatic heterocycles. The van der Waals surface area contributed by atoms with Gasteiger partial charge in [-0.1, -0.05) is 19.1 Å². The van der Waals surface area contributed by atoms with Crippen LogP contribution in [0, 0.1) is 17.8 Å². The van der Waals surface area contributed by atoms with Gasteiger partial charge in [0.25, 0.3) is 5.91 Å². The molecule has 0 aromatic heterocycles. The summed E-state index contributed by atoms with van der Waals surface area (Å²) in [4.78, 5) is 51.4. The molecule has 2 aromatic rings. The third-order valence-corrected chi connectivity index (χ3v) is 6.26. The molecule has 1 aliphatic carbocycles. The zero-order chi connectivity index (χ0) is 23.5. The number of imide groups is 1. The van der Waals surface area contributed by atoms with Crippen molar-refractivity contribution < 1.29 is 28.7 Å². The minimum absolute atomic E-state index is 0.166. The molecule has 1 saturated heterocycles. The monoisotopic (exact) mass is 450 g/mol. The van der Waals surface area contributed by atoms with Gasteiger partial charge in [-0.3, -0.25) is 19.3 Å². The molecule has 0 radical (unpaired) electrons. The van der Waals surface area contributed by atoms with E-state index in [1.807, 2.05) is 0 Å². The lowest BCUT2D eigenvalue weighted by molar-refractivity contribution is -0.122. The Labute approximate surface area is 191 Å². The SMILES string of the molecule is COc1ccccc1NC(=O)COC(=O)c1ccc(N2C(=O)[C@H]3C[C@@H](C)CC[C@H]3C2=O)cc1. The topological polar surface area (TPSA) is 102 Å². The number of fused-ring (bicyclic) bond motifs is 1. The standard InChI is InChI=1S/C25H26N2O6/c1-15-7-12-18-19(13-15)24(30)27(23(18)29)17-10-8-16(9-11-17)25(31)33-14-22(28)26-20-5-3-4-6-21(20)32-2/h3-6,8-11,15,18-19H,7,12-14H2,1-2H3,(H,26,28)/t15-,18+,19-/m0/s1. The van der Waals surface area contributed by atoms with Gasteiger partial charge in [0.05, 0.1) is 35.9 Å². The molecule has 8 nitrogen and oxygen atoms in total. The highest BCUT2D eigenvalue weighted by Gasteiger charge is 2.49. The van der Waals surface area contributed by atoms with Crippen molar-refractivity contribution in [2.75, 3.05) is 23.9 Å². The molecule has 2 aliphatic rings. The van der Waals surface area contributed by atoms with E-state index in [-0.39, 0.29) is 29.2 Å². The Kier molecular flexibility index (Phi) is 6.44. The average Bonchev–Trinajstić information content (AvgIpc) is 3.07. The van der Waals surface area contributed by atoms with Crippen molar-refractivity contribution in [3.63, 3.8) is 0 Å². The molecular weight excluding hydrogens is 424 g/mol. The van der Waals surface area contributed by atoms with Gasteiger partial charge in [-0.25, -0.2) is 4.79 Å². The molecule has 2 aromatic carbocycles. The van der Waals surface area contributed by atoms with E-state index in [0.29, 0.717) is 23.0 Å². The van der Waals surface area contributed by atoms with Crippen LogP contribution in [0.5, 0.6) is 5.75 Å². The first kappa shape index (κ1) is 22.5. The number of carbonyl (C=O) groups excluding carboxylic acids is 4. The van der Waals surface area contributed by atoms with Crippen LogP contribution in [-0.4, -0.2) is 37.4 Å². The molecule has 0 unspecified atom stereocenters. The summed E-state index contributed by atoms with van der Waals surface area (Å²) >= 11 is 0. The summed E-state index contributed by atoms with van der Waals surface area (Å²) in [5, 5.41) is 2.63. The maximum atomic E-state index is 12.8. The van der Waals surface area contributed by atoms with Crippen molar-refractivity contribution in [3.8, 4) is 5.75 Å². The van der Waals surface area contributed by atoms with Gasteiger partial charge in [0.2, 0.25) is 11.8 Å². The fourth-order valence-corrected chi connectivity index (χ4v) is 4.54. The summed E-state index contributed by atoms with van der Waals surface area (Å²) in [7, 11) is 1.49. The van der Waals surface area contributed by atoms with Crippen LogP contribution in [-0.2, 0) is 19.1 Å². The van der Waals surface area contributed by atoms with Crippen LogP contribution in [0.3, 0.4) is 0 Å². The maximum absolute atomic E-state index is 12.8. The molecule has 2 fully saturated rings. The number of hydrogen-bond acceptors (Lipinski definition) is 6. The predicted molar refractivity (Wildman–Crippen MR) is 121 cm³/mol. The van der Waals surface area contributed by atoms with Gasteiger partial charge in [-0.15, -0.1) is 0 Å². The van der Waals surface area contributed by atoms with E-state index in [4.69, 9.17) is 9.47 Å². The van der Waals surface area contributed by atoms with Gasteiger partial charge in [-0.05, 0) is 61.6 Å². The average molecular weight is 450 g/mol. The zero-order valence-corrected chi connectivity index (χ0v) is 18.6. The van der Waals surface area contributed by atoms with E-state index in [1.165, 1.54) is 24.1 Å². The molecule has 3 amide bonds. The Morgan fingerprint density at radius 2 is 1.70 bits per heavy atom. The zero-order valence-electron chi connectivity index (χ0n) is 18.6. The van der Waals surface area contributed by atoms with Crippen LogP contribution in [0.1, 0.15) is 36.5 Å². The molecule has 1 saturated carbocycles. The van der Waals surface area contributed by atoms with E-state index in [9.17, 15) is 19.2 Å². The number of ether oxygens (including phenoxy) is 2. The Balaban J connectivity index is 1.36. The lowest BCUT2D eigenvalue weighted by Gasteiger charge is -2.25. The first-order valence-corrected chi connectivity index (χ1v) is 11.0. The summed E-state index contributed by atoms with van der Waals surface area (Å²) < 4.78 is 10.3. The molecule has 4 rings (SSSR count). The normalized spacial score (nSPS) is 22.0. The Bertz CT molecular complexity index is 1080. The minimum Gasteiger partial charge on any atom is -0.495 e. The third-order valence-electron chi connectivity index (χ3n) is 6.26. The van der Waals surface area contributed by atoms with Crippen LogP contribution in [0.25, 0.3) is 0 Å². The molecule has 3 atom stereocenters. The first-order chi connectivity index (χ1) is 15.9. The van der Waals surface area contributed by atoms with Crippen molar-refractivity contribution in [2.45, 2.75) is 26.2 Å². The highest BCUT2D eigenvalue weighted by molar-refractivity contribution is 6.22. The smallest absolute Gasteiger partial charge is 0.338 e. The van der Waals surface area contributed by atoms with Crippen molar-refractivity contribution in [1.29, 1.82) is 0 Å². The second kappa shape index (κ2) is 9.44. The Hall–Kier alpha value is -3.68. The highest BCUT2D eigenvalue weighted by Crippen LogP contribution is 2.42. The number of benzene rings is 2. The number of amides is 3. The Morgan fingerprint density at radius 1 is 1.00 bits per heavy atom. The van der Waals surface area contributed by atoms with Crippen molar-refractivity contribution in [2.24, 2.45) is 17.8 Å². The van der Waals surface area contributed by atoms with E-state index >= 15 is 0 Å². The molecule has 33 heavy (non-hydrogen) atoms. The number of nitrogens with zero attached hydrogens (tertiary/aromatic N) is 1. The molecule has 1 N–H and O–H groups in total. The van der Waals surface area contributed by atoms with Crippen molar-refractivity contribution in [1.82, 2.24) is 0 Å².